The molecule has 1 aliphatic rings. The number of benzene rings is 1. The van der Waals surface area contributed by atoms with E-state index < -0.39 is 12.1 Å². The third-order valence-corrected chi connectivity index (χ3v) is 4.77. The number of alkyl halides is 3. The average Bonchev–Trinajstić information content (AvgIpc) is 3.25. The molecule has 186 valence electrons. The molecule has 2 N–H and O–H groups in total. The van der Waals surface area contributed by atoms with Crippen LogP contribution in [0.3, 0.4) is 0 Å². The maximum atomic E-state index is 12.7. The van der Waals surface area contributed by atoms with Crippen molar-refractivity contribution in [3.05, 3.63) is 65.8 Å². The van der Waals surface area contributed by atoms with Gasteiger partial charge < -0.3 is 29.3 Å². The number of carbonyl (C=O) groups excluding carboxylic acids is 1. The minimum atomic E-state index is -5.08. The fraction of sp³-hybridized carbons (Fsp3) is 0.273. The Balaban J connectivity index is 0.000000429. The Hall–Kier alpha value is -4.29. The third-order valence-electron chi connectivity index (χ3n) is 4.77. The first-order chi connectivity index (χ1) is 16.7. The maximum absolute atomic E-state index is 12.7. The van der Waals surface area contributed by atoms with Crippen molar-refractivity contribution in [3.8, 4) is 11.5 Å². The van der Waals surface area contributed by atoms with E-state index in [0.717, 1.165) is 11.3 Å². The Morgan fingerprint density at radius 2 is 1.97 bits per heavy atom. The zero-order chi connectivity index (χ0) is 25.4. The molecule has 1 aromatic carbocycles. The summed E-state index contributed by atoms with van der Waals surface area (Å²) in [4.78, 5) is 27.3. The SMILES string of the molecule is COc1cccc(NC(=O)N2CCc3onc(COc4cccnc4)c3C2)c1.O=C(O)C(F)(F)F. The van der Waals surface area contributed by atoms with Gasteiger partial charge in [0.05, 0.1) is 19.9 Å². The minimum Gasteiger partial charge on any atom is -0.497 e. The minimum absolute atomic E-state index is 0.181. The second-order valence-electron chi connectivity index (χ2n) is 7.14. The van der Waals surface area contributed by atoms with Crippen LogP contribution in [0, 0.1) is 0 Å². The molecule has 2 amide bonds. The van der Waals surface area contributed by atoms with E-state index in [9.17, 15) is 18.0 Å². The van der Waals surface area contributed by atoms with Crippen molar-refractivity contribution in [1.29, 1.82) is 0 Å². The monoisotopic (exact) mass is 494 g/mol. The molecule has 3 aromatic rings. The van der Waals surface area contributed by atoms with Gasteiger partial charge in [0.2, 0.25) is 0 Å². The molecular weight excluding hydrogens is 473 g/mol. The molecule has 35 heavy (non-hydrogen) atoms. The number of pyridine rings is 1. The molecule has 4 rings (SSSR count). The summed E-state index contributed by atoms with van der Waals surface area (Å²) < 4.78 is 48.1. The molecule has 0 fully saturated rings. The second kappa shape index (κ2) is 11.2. The number of aliphatic carboxylic acids is 1. The highest BCUT2D eigenvalue weighted by Crippen LogP contribution is 2.25. The Kier molecular flexibility index (Phi) is 8.12. The molecule has 0 atom stereocenters. The number of methoxy groups -OCH3 is 1. The van der Waals surface area contributed by atoms with Crippen LogP contribution in [0.1, 0.15) is 17.0 Å². The topological polar surface area (TPSA) is 127 Å². The normalized spacial score (nSPS) is 12.6. The van der Waals surface area contributed by atoms with Gasteiger partial charge in [0.15, 0.2) is 0 Å². The molecule has 0 spiro atoms. The van der Waals surface area contributed by atoms with Gasteiger partial charge in [-0.05, 0) is 24.3 Å². The first kappa shape index (κ1) is 25.3. The second-order valence-corrected chi connectivity index (χ2v) is 7.14. The predicted octanol–water partition coefficient (Wildman–Crippen LogP) is 3.88. The van der Waals surface area contributed by atoms with Gasteiger partial charge in [-0.15, -0.1) is 0 Å². The van der Waals surface area contributed by atoms with Crippen LogP contribution in [-0.2, 0) is 24.4 Å². The number of carbonyl (C=O) groups is 2. The molecule has 10 nitrogen and oxygen atoms in total. The van der Waals surface area contributed by atoms with E-state index >= 15 is 0 Å². The molecule has 2 aromatic heterocycles. The summed E-state index contributed by atoms with van der Waals surface area (Å²) in [5.41, 5.74) is 2.27. The van der Waals surface area contributed by atoms with Gasteiger partial charge in [0, 0.05) is 36.5 Å². The van der Waals surface area contributed by atoms with Crippen LogP contribution in [0.2, 0.25) is 0 Å². The van der Waals surface area contributed by atoms with Gasteiger partial charge in [-0.25, -0.2) is 9.59 Å². The van der Waals surface area contributed by atoms with Gasteiger partial charge in [-0.1, -0.05) is 11.2 Å². The lowest BCUT2D eigenvalue weighted by Gasteiger charge is -2.26. The summed E-state index contributed by atoms with van der Waals surface area (Å²) in [6, 6.07) is 10.7. The number of urea groups is 1. The van der Waals surface area contributed by atoms with Gasteiger partial charge >= 0.3 is 18.2 Å². The number of anilines is 1. The number of carboxylic acid groups (broad SMARTS) is 1. The molecule has 0 saturated carbocycles. The number of hydrogen-bond acceptors (Lipinski definition) is 7. The van der Waals surface area contributed by atoms with Crippen LogP contribution in [-0.4, -0.2) is 52.0 Å². The van der Waals surface area contributed by atoms with E-state index in [0.29, 0.717) is 42.4 Å². The Morgan fingerprint density at radius 1 is 1.23 bits per heavy atom. The number of fused-ring (bicyclic) bond motifs is 1. The highest BCUT2D eigenvalue weighted by molar-refractivity contribution is 5.89. The number of carboxylic acids is 1. The van der Waals surface area contributed by atoms with Crippen molar-refractivity contribution < 1.29 is 41.9 Å². The summed E-state index contributed by atoms with van der Waals surface area (Å²) in [5, 5.41) is 14.1. The number of ether oxygens (including phenoxy) is 2. The molecule has 3 heterocycles. The summed E-state index contributed by atoms with van der Waals surface area (Å²) in [7, 11) is 1.59. The number of hydrogen-bond donors (Lipinski definition) is 2. The number of amides is 2. The smallest absolute Gasteiger partial charge is 0.490 e. The van der Waals surface area contributed by atoms with Crippen molar-refractivity contribution in [1.82, 2.24) is 15.0 Å². The van der Waals surface area contributed by atoms with Crippen LogP contribution in [0.4, 0.5) is 23.7 Å². The molecular formula is C22H21F3N4O6. The van der Waals surface area contributed by atoms with Crippen molar-refractivity contribution in [2.75, 3.05) is 19.0 Å². The van der Waals surface area contributed by atoms with Crippen molar-refractivity contribution >= 4 is 17.7 Å². The fourth-order valence-corrected chi connectivity index (χ4v) is 3.04. The van der Waals surface area contributed by atoms with Crippen LogP contribution in [0.25, 0.3) is 0 Å². The molecule has 0 unspecified atom stereocenters. The predicted molar refractivity (Wildman–Crippen MR) is 115 cm³/mol. The third kappa shape index (κ3) is 7.09. The van der Waals surface area contributed by atoms with Crippen molar-refractivity contribution in [3.63, 3.8) is 0 Å². The lowest BCUT2D eigenvalue weighted by Crippen LogP contribution is -2.38. The standard InChI is InChI=1S/C20H20N4O4.C2HF3O2/c1-26-15-5-2-4-14(10-15)22-20(25)24-9-7-19-17(12-24)18(23-28-19)13-27-16-6-3-8-21-11-16;3-2(4,5)1(6)7/h2-6,8,10-11H,7,9,12-13H2,1H3,(H,22,25);(H,6,7). The number of aromatic nitrogens is 2. The van der Waals surface area contributed by atoms with E-state index in [1.807, 2.05) is 24.3 Å². The Morgan fingerprint density at radius 3 is 2.63 bits per heavy atom. The van der Waals surface area contributed by atoms with Gasteiger partial charge in [0.25, 0.3) is 0 Å². The highest BCUT2D eigenvalue weighted by atomic mass is 19.4. The molecule has 0 radical (unpaired) electrons. The number of halogens is 3. The Bertz CT molecular complexity index is 1150. The largest absolute Gasteiger partial charge is 0.497 e. The van der Waals surface area contributed by atoms with E-state index in [1.54, 1.807) is 36.5 Å². The maximum Gasteiger partial charge on any atom is 0.490 e. The molecule has 0 aliphatic carbocycles. The zero-order valence-electron chi connectivity index (χ0n) is 18.4. The van der Waals surface area contributed by atoms with Crippen molar-refractivity contribution in [2.24, 2.45) is 0 Å². The van der Waals surface area contributed by atoms with Crippen molar-refractivity contribution in [2.45, 2.75) is 25.7 Å². The number of rotatable bonds is 5. The average molecular weight is 494 g/mol. The summed E-state index contributed by atoms with van der Waals surface area (Å²) in [5.74, 6) is -0.613. The summed E-state index contributed by atoms with van der Waals surface area (Å²) >= 11 is 0. The molecule has 1 aliphatic heterocycles. The molecule has 0 saturated heterocycles. The zero-order valence-corrected chi connectivity index (χ0v) is 18.4. The first-order valence-electron chi connectivity index (χ1n) is 10.2. The lowest BCUT2D eigenvalue weighted by molar-refractivity contribution is -0.192. The van der Waals surface area contributed by atoms with E-state index in [2.05, 4.69) is 15.5 Å². The van der Waals surface area contributed by atoms with Gasteiger partial charge in [0.1, 0.15) is 29.6 Å². The van der Waals surface area contributed by atoms with Gasteiger partial charge in [-0.2, -0.15) is 13.2 Å². The highest BCUT2D eigenvalue weighted by Gasteiger charge is 2.38. The number of nitrogens with zero attached hydrogens (tertiary/aromatic N) is 3. The van der Waals surface area contributed by atoms with Crippen LogP contribution in [0.15, 0.2) is 53.3 Å². The summed E-state index contributed by atoms with van der Waals surface area (Å²) in [6.07, 6.45) is -1.15. The van der Waals surface area contributed by atoms with Gasteiger partial charge in [-0.3, -0.25) is 4.98 Å². The van der Waals surface area contributed by atoms with E-state index in [-0.39, 0.29) is 12.6 Å². The van der Waals surface area contributed by atoms with Crippen LogP contribution in [0.5, 0.6) is 11.5 Å². The van der Waals surface area contributed by atoms with E-state index in [4.69, 9.17) is 23.9 Å². The molecule has 13 heteroatoms. The molecule has 0 bridgehead atoms. The van der Waals surface area contributed by atoms with E-state index in [1.165, 1.54) is 0 Å². The number of nitrogens with one attached hydrogen (secondary N) is 1. The summed E-state index contributed by atoms with van der Waals surface area (Å²) in [6.45, 7) is 1.23. The van der Waals surface area contributed by atoms with Crippen LogP contribution >= 0.6 is 0 Å². The Labute approximate surface area is 197 Å². The van der Waals surface area contributed by atoms with Crippen LogP contribution < -0.4 is 14.8 Å². The fourth-order valence-electron chi connectivity index (χ4n) is 3.04. The first-order valence-corrected chi connectivity index (χ1v) is 10.2. The lowest BCUT2D eigenvalue weighted by atomic mass is 10.1. The quantitative estimate of drug-likeness (QED) is 0.547.